The molecule has 0 bridgehead atoms. The maximum atomic E-state index is 9.67. The SMILES string of the molecule is F.FB(F)F.F[B]F.OCN1CCN(CN2CCN(CO)C2)C1.[F-].[F-]. The largest absolute Gasteiger partial charge is 1.00 e. The van der Waals surface area contributed by atoms with Crippen LogP contribution in [-0.2, 0) is 0 Å². The Morgan fingerprint density at radius 2 is 1.00 bits per heavy atom. The monoisotopic (exact) mass is 391 g/mol. The van der Waals surface area contributed by atoms with Gasteiger partial charge in [-0.15, -0.1) is 0 Å². The van der Waals surface area contributed by atoms with Crippen molar-refractivity contribution in [3.05, 3.63) is 0 Å². The molecule has 0 atom stereocenters. The fraction of sp³-hybridized carbons (Fsp3) is 1.00. The number of nitrogens with zero attached hydrogens (tertiary/aromatic N) is 4. The van der Waals surface area contributed by atoms with Gasteiger partial charge in [0.2, 0.25) is 0 Å². The predicted molar refractivity (Wildman–Crippen MR) is 75.1 cm³/mol. The zero-order chi connectivity index (χ0) is 17.0. The molecule has 16 heteroatoms. The molecular formula is C9H21B2F8N4O2-2. The third-order valence-corrected chi connectivity index (χ3v) is 3.06. The quantitative estimate of drug-likeness (QED) is 0.368. The van der Waals surface area contributed by atoms with Crippen LogP contribution in [0.3, 0.4) is 0 Å². The first-order chi connectivity index (χ1) is 10.5. The molecule has 0 saturated carbocycles. The molecule has 2 aliphatic rings. The van der Waals surface area contributed by atoms with Crippen LogP contribution in [0.4, 0.5) is 26.3 Å². The Morgan fingerprint density at radius 3 is 1.20 bits per heavy atom. The Kier molecular flexibility index (Phi) is 25.2. The lowest BCUT2D eigenvalue weighted by Gasteiger charge is -2.23. The van der Waals surface area contributed by atoms with Crippen LogP contribution in [0.2, 0.25) is 0 Å². The first-order valence-electron chi connectivity index (χ1n) is 6.52. The fourth-order valence-electron chi connectivity index (χ4n) is 2.16. The molecule has 25 heavy (non-hydrogen) atoms. The third kappa shape index (κ3) is 16.5. The molecule has 1 radical (unpaired) electrons. The van der Waals surface area contributed by atoms with Gasteiger partial charge in [0.05, 0.1) is 33.5 Å². The smallest absolute Gasteiger partial charge is 0.762 e. The molecule has 0 unspecified atom stereocenters. The Bertz CT molecular complexity index is 259. The van der Waals surface area contributed by atoms with E-state index >= 15 is 0 Å². The summed E-state index contributed by atoms with van der Waals surface area (Å²) in [6.07, 6.45) is 0. The van der Waals surface area contributed by atoms with Crippen LogP contribution < -0.4 is 9.41 Å². The van der Waals surface area contributed by atoms with E-state index in [0.29, 0.717) is 0 Å². The van der Waals surface area contributed by atoms with Gasteiger partial charge in [-0.1, -0.05) is 0 Å². The van der Waals surface area contributed by atoms with Gasteiger partial charge < -0.3 is 19.6 Å². The van der Waals surface area contributed by atoms with Crippen LogP contribution in [0.1, 0.15) is 0 Å². The predicted octanol–water partition coefficient (Wildman–Crippen LogP) is -6.51. The van der Waals surface area contributed by atoms with Crippen molar-refractivity contribution in [1.29, 1.82) is 0 Å². The summed E-state index contributed by atoms with van der Waals surface area (Å²) in [5, 5.41) is 17.9. The number of hydrogen-bond donors (Lipinski definition) is 2. The molecule has 0 aromatic rings. The molecule has 0 aromatic carbocycles. The lowest BCUT2D eigenvalue weighted by molar-refractivity contribution is -0.001000. The van der Waals surface area contributed by atoms with E-state index in [-0.39, 0.29) is 27.6 Å². The van der Waals surface area contributed by atoms with E-state index in [0.717, 1.165) is 46.2 Å². The lowest BCUT2D eigenvalue weighted by Crippen LogP contribution is -3.00. The number of halogens is 8. The number of hydrogen-bond acceptors (Lipinski definition) is 6. The number of rotatable bonds is 4. The van der Waals surface area contributed by atoms with Crippen molar-refractivity contribution in [3.63, 3.8) is 0 Å². The van der Waals surface area contributed by atoms with E-state index in [2.05, 4.69) is 9.80 Å². The topological polar surface area (TPSA) is 53.4 Å². The Hall–Kier alpha value is -0.670. The average molecular weight is 391 g/mol. The maximum Gasteiger partial charge on any atom is 0.762 e. The highest BCUT2D eigenvalue weighted by Gasteiger charge is 2.24. The summed E-state index contributed by atoms with van der Waals surface area (Å²) in [4.78, 5) is 8.66. The van der Waals surface area contributed by atoms with Crippen LogP contribution in [-0.4, -0.2) is 105 Å². The summed E-state index contributed by atoms with van der Waals surface area (Å²) < 4.78 is 48.0. The molecule has 0 spiro atoms. The van der Waals surface area contributed by atoms with Crippen LogP contribution in [0, 0.1) is 0 Å². The van der Waals surface area contributed by atoms with Crippen LogP contribution in [0.5, 0.6) is 0 Å². The first-order valence-corrected chi connectivity index (χ1v) is 6.52. The minimum atomic E-state index is -3.67. The normalized spacial score (nSPS) is 17.7. The molecule has 2 heterocycles. The molecule has 153 valence electrons. The van der Waals surface area contributed by atoms with E-state index in [4.69, 9.17) is 10.2 Å². The zero-order valence-electron chi connectivity index (χ0n) is 13.3. The Morgan fingerprint density at radius 1 is 0.760 bits per heavy atom. The van der Waals surface area contributed by atoms with Gasteiger partial charge in [-0.2, -0.15) is 0 Å². The zero-order valence-corrected chi connectivity index (χ0v) is 13.3. The van der Waals surface area contributed by atoms with E-state index in [1.165, 1.54) is 0 Å². The second kappa shape index (κ2) is 19.7. The van der Waals surface area contributed by atoms with Gasteiger partial charge in [0.1, 0.15) is 0 Å². The van der Waals surface area contributed by atoms with Gasteiger partial charge in [-0.25, -0.2) is 0 Å². The van der Waals surface area contributed by atoms with Crippen LogP contribution in [0.25, 0.3) is 0 Å². The highest BCUT2D eigenvalue weighted by molar-refractivity contribution is 6.33. The van der Waals surface area contributed by atoms with Crippen molar-refractivity contribution in [2.75, 3.05) is 59.6 Å². The van der Waals surface area contributed by atoms with Crippen molar-refractivity contribution < 1.29 is 45.9 Å². The molecule has 0 aromatic heterocycles. The lowest BCUT2D eigenvalue weighted by atomic mass is 10.5. The van der Waals surface area contributed by atoms with E-state index in [1.54, 1.807) is 0 Å². The number of aliphatic hydroxyl groups is 2. The minimum Gasteiger partial charge on any atom is -1.00 e. The summed E-state index contributed by atoms with van der Waals surface area (Å²) in [7, 11) is -4.67. The summed E-state index contributed by atoms with van der Waals surface area (Å²) in [5.74, 6) is 0. The highest BCUT2D eigenvalue weighted by atomic mass is 19.4. The van der Waals surface area contributed by atoms with Gasteiger partial charge in [-0.3, -0.25) is 45.9 Å². The highest BCUT2D eigenvalue weighted by Crippen LogP contribution is 2.08. The Balaban J connectivity index is -0.000000193. The summed E-state index contributed by atoms with van der Waals surface area (Å²) in [6.45, 7) is 6.90. The van der Waals surface area contributed by atoms with Crippen LogP contribution >= 0.6 is 0 Å². The second-order valence-electron chi connectivity index (χ2n) is 4.61. The molecule has 2 N–H and O–H groups in total. The summed E-state index contributed by atoms with van der Waals surface area (Å²) in [6, 6.07) is 0. The van der Waals surface area contributed by atoms with E-state index in [1.807, 2.05) is 9.80 Å². The van der Waals surface area contributed by atoms with Gasteiger partial charge >= 0.3 is 15.4 Å². The van der Waals surface area contributed by atoms with E-state index < -0.39 is 15.4 Å². The van der Waals surface area contributed by atoms with E-state index in [9.17, 15) is 21.6 Å². The minimum absolute atomic E-state index is 0. The van der Waals surface area contributed by atoms with Crippen LogP contribution in [0.15, 0.2) is 0 Å². The standard InChI is InChI=1S/C9H20N4O2.BF3.BF2.3FH/c14-8-12-3-1-10(6-12)5-11-2-4-13(7-11)9-15;2-1(3)4;2-1-3;;;/h14-15H,1-9H2;;;3*1H/p-2. The summed E-state index contributed by atoms with van der Waals surface area (Å²) in [5.41, 5.74) is 0. The second-order valence-corrected chi connectivity index (χ2v) is 4.61. The molecule has 2 rings (SSSR count). The van der Waals surface area contributed by atoms with Crippen molar-refractivity contribution in [1.82, 2.24) is 19.6 Å². The van der Waals surface area contributed by atoms with Gasteiger partial charge in [0.15, 0.2) is 0 Å². The molecule has 2 fully saturated rings. The average Bonchev–Trinajstić information content (AvgIpc) is 3.08. The molecular weight excluding hydrogens is 370 g/mol. The van der Waals surface area contributed by atoms with Crippen molar-refractivity contribution in [2.45, 2.75) is 0 Å². The van der Waals surface area contributed by atoms with Crippen molar-refractivity contribution in [3.8, 4) is 0 Å². The Labute approximate surface area is 141 Å². The molecule has 0 aliphatic carbocycles. The molecule has 2 aliphatic heterocycles. The molecule has 0 amide bonds. The maximum absolute atomic E-state index is 9.67. The van der Waals surface area contributed by atoms with Gasteiger partial charge in [-0.05, 0) is 0 Å². The van der Waals surface area contributed by atoms with Crippen molar-refractivity contribution >= 4 is 15.4 Å². The fourth-order valence-corrected chi connectivity index (χ4v) is 2.16. The van der Waals surface area contributed by atoms with Gasteiger partial charge in [0, 0.05) is 26.2 Å². The molecule has 6 nitrogen and oxygen atoms in total. The summed E-state index contributed by atoms with van der Waals surface area (Å²) >= 11 is 0. The van der Waals surface area contributed by atoms with Gasteiger partial charge in [0.25, 0.3) is 0 Å². The van der Waals surface area contributed by atoms with Crippen molar-refractivity contribution in [2.24, 2.45) is 0 Å². The molecule has 2 saturated heterocycles. The third-order valence-electron chi connectivity index (χ3n) is 3.06. The number of aliphatic hydroxyl groups excluding tert-OH is 2. The first kappa shape index (κ1) is 32.0.